The van der Waals surface area contributed by atoms with Crippen molar-refractivity contribution in [3.8, 4) is 0 Å². The molecule has 3 heterocycles. The average Bonchev–Trinajstić information content (AvgIpc) is 2.72. The van der Waals surface area contributed by atoms with E-state index in [1.54, 1.807) is 11.3 Å². The van der Waals surface area contributed by atoms with Crippen LogP contribution in [0.3, 0.4) is 0 Å². The van der Waals surface area contributed by atoms with Gasteiger partial charge in [-0.3, -0.25) is 0 Å². The van der Waals surface area contributed by atoms with Gasteiger partial charge in [-0.15, -0.1) is 11.3 Å². The lowest BCUT2D eigenvalue weighted by molar-refractivity contribution is 0.459. The number of nitrogens with zero attached hydrogens (tertiary/aromatic N) is 3. The van der Waals surface area contributed by atoms with Gasteiger partial charge in [-0.05, 0) is 38.2 Å². The van der Waals surface area contributed by atoms with E-state index in [0.717, 1.165) is 35.6 Å². The summed E-state index contributed by atoms with van der Waals surface area (Å²) in [5.41, 5.74) is 0. The molecular weight excluding hydrogens is 280 g/mol. The first-order valence-electron chi connectivity index (χ1n) is 7.92. The number of hydrogen-bond donors (Lipinski definition) is 1. The summed E-state index contributed by atoms with van der Waals surface area (Å²) < 4.78 is 0. The molecule has 0 saturated carbocycles. The SMILES string of the molecule is CCC1CCCN(c2nc(NC)nc3sc(C)cc23)CC1. The lowest BCUT2D eigenvalue weighted by atomic mass is 9.98. The highest BCUT2D eigenvalue weighted by Crippen LogP contribution is 2.33. The number of hydrogen-bond acceptors (Lipinski definition) is 5. The highest BCUT2D eigenvalue weighted by molar-refractivity contribution is 7.18. The molecule has 1 saturated heterocycles. The maximum absolute atomic E-state index is 4.76. The second kappa shape index (κ2) is 6.18. The first kappa shape index (κ1) is 14.6. The van der Waals surface area contributed by atoms with Crippen LogP contribution >= 0.6 is 11.3 Å². The molecule has 5 heteroatoms. The van der Waals surface area contributed by atoms with E-state index in [1.807, 2.05) is 7.05 Å². The summed E-state index contributed by atoms with van der Waals surface area (Å²) >= 11 is 1.75. The van der Waals surface area contributed by atoms with Gasteiger partial charge in [0.15, 0.2) is 0 Å². The third kappa shape index (κ3) is 2.98. The summed E-state index contributed by atoms with van der Waals surface area (Å²) in [6.07, 6.45) is 5.19. The van der Waals surface area contributed by atoms with Crippen LogP contribution in [-0.4, -0.2) is 30.1 Å². The Morgan fingerprint density at radius 1 is 1.33 bits per heavy atom. The molecule has 1 unspecified atom stereocenters. The number of anilines is 2. The number of rotatable bonds is 3. The molecule has 1 N–H and O–H groups in total. The number of fused-ring (bicyclic) bond motifs is 1. The standard InChI is InChI=1S/C16H24N4S/c1-4-12-6-5-8-20(9-7-12)14-13-10-11(2)21-15(13)19-16(17-3)18-14/h10,12H,4-9H2,1-3H3,(H,17,18,19). The Morgan fingerprint density at radius 2 is 2.19 bits per heavy atom. The lowest BCUT2D eigenvalue weighted by Gasteiger charge is -2.22. The molecule has 0 amide bonds. The first-order valence-corrected chi connectivity index (χ1v) is 8.73. The summed E-state index contributed by atoms with van der Waals surface area (Å²) in [7, 11) is 1.89. The maximum Gasteiger partial charge on any atom is 0.225 e. The molecule has 1 atom stereocenters. The fourth-order valence-electron chi connectivity index (χ4n) is 3.17. The molecule has 1 fully saturated rings. The molecular formula is C16H24N4S. The van der Waals surface area contributed by atoms with Gasteiger partial charge >= 0.3 is 0 Å². The molecule has 0 aromatic carbocycles. The van der Waals surface area contributed by atoms with Crippen molar-refractivity contribution in [1.82, 2.24) is 9.97 Å². The van der Waals surface area contributed by atoms with E-state index < -0.39 is 0 Å². The van der Waals surface area contributed by atoms with Crippen LogP contribution in [0.5, 0.6) is 0 Å². The van der Waals surface area contributed by atoms with E-state index in [2.05, 4.69) is 35.1 Å². The van der Waals surface area contributed by atoms with Crippen LogP contribution in [0, 0.1) is 12.8 Å². The van der Waals surface area contributed by atoms with Gasteiger partial charge in [-0.1, -0.05) is 13.3 Å². The molecule has 2 aromatic heterocycles. The zero-order valence-corrected chi connectivity index (χ0v) is 14.0. The van der Waals surface area contributed by atoms with Crippen molar-refractivity contribution in [3.05, 3.63) is 10.9 Å². The van der Waals surface area contributed by atoms with Crippen LogP contribution in [0.15, 0.2) is 6.07 Å². The summed E-state index contributed by atoms with van der Waals surface area (Å²) in [6, 6.07) is 2.23. The third-order valence-electron chi connectivity index (χ3n) is 4.44. The largest absolute Gasteiger partial charge is 0.357 e. The van der Waals surface area contributed by atoms with Gasteiger partial charge in [0.25, 0.3) is 0 Å². The van der Waals surface area contributed by atoms with E-state index in [-0.39, 0.29) is 0 Å². The smallest absolute Gasteiger partial charge is 0.225 e. The van der Waals surface area contributed by atoms with Gasteiger partial charge in [-0.2, -0.15) is 4.98 Å². The number of aromatic nitrogens is 2. The van der Waals surface area contributed by atoms with Crippen molar-refractivity contribution in [2.24, 2.45) is 5.92 Å². The molecule has 0 spiro atoms. The quantitative estimate of drug-likeness (QED) is 0.928. The van der Waals surface area contributed by atoms with Gasteiger partial charge in [0.2, 0.25) is 5.95 Å². The van der Waals surface area contributed by atoms with Gasteiger partial charge < -0.3 is 10.2 Å². The van der Waals surface area contributed by atoms with Crippen molar-refractivity contribution in [3.63, 3.8) is 0 Å². The third-order valence-corrected chi connectivity index (χ3v) is 5.39. The minimum atomic E-state index is 0.732. The average molecular weight is 304 g/mol. The number of nitrogens with one attached hydrogen (secondary N) is 1. The number of aryl methyl sites for hydroxylation is 1. The van der Waals surface area contributed by atoms with Crippen molar-refractivity contribution < 1.29 is 0 Å². The Bertz CT molecular complexity index is 622. The zero-order valence-electron chi connectivity index (χ0n) is 13.1. The van der Waals surface area contributed by atoms with Crippen molar-refractivity contribution in [1.29, 1.82) is 0 Å². The molecule has 0 aliphatic carbocycles. The summed E-state index contributed by atoms with van der Waals surface area (Å²) in [5.74, 6) is 2.72. The van der Waals surface area contributed by atoms with E-state index in [1.165, 1.54) is 35.9 Å². The van der Waals surface area contributed by atoms with Gasteiger partial charge in [0.05, 0.1) is 5.39 Å². The second-order valence-corrected chi connectivity index (χ2v) is 7.12. The van der Waals surface area contributed by atoms with Crippen molar-refractivity contribution in [2.45, 2.75) is 39.5 Å². The summed E-state index contributed by atoms with van der Waals surface area (Å²) in [4.78, 5) is 14.2. The van der Waals surface area contributed by atoms with Crippen LogP contribution in [0.4, 0.5) is 11.8 Å². The molecule has 1 aliphatic rings. The fourth-order valence-corrected chi connectivity index (χ4v) is 4.04. The molecule has 3 rings (SSSR count). The second-order valence-electron chi connectivity index (χ2n) is 5.89. The monoisotopic (exact) mass is 304 g/mol. The zero-order chi connectivity index (χ0) is 14.8. The van der Waals surface area contributed by atoms with Gasteiger partial charge in [-0.25, -0.2) is 4.98 Å². The predicted molar refractivity (Wildman–Crippen MR) is 91.5 cm³/mol. The molecule has 1 aliphatic heterocycles. The predicted octanol–water partition coefficient (Wildman–Crippen LogP) is 4.06. The lowest BCUT2D eigenvalue weighted by Crippen LogP contribution is -2.25. The van der Waals surface area contributed by atoms with Crippen LogP contribution in [-0.2, 0) is 0 Å². The summed E-state index contributed by atoms with van der Waals surface area (Å²) in [6.45, 7) is 6.68. The Kier molecular flexibility index (Phi) is 4.29. The van der Waals surface area contributed by atoms with E-state index >= 15 is 0 Å². The highest BCUT2D eigenvalue weighted by Gasteiger charge is 2.20. The Labute approximate surface area is 130 Å². The number of thiophene rings is 1. The summed E-state index contributed by atoms with van der Waals surface area (Å²) in [5, 5.41) is 4.32. The first-order chi connectivity index (χ1) is 10.2. The molecule has 114 valence electrons. The molecule has 0 bridgehead atoms. The topological polar surface area (TPSA) is 41.1 Å². The Hall–Kier alpha value is -1.36. The van der Waals surface area contributed by atoms with Crippen LogP contribution in [0.1, 0.15) is 37.5 Å². The molecule has 4 nitrogen and oxygen atoms in total. The minimum Gasteiger partial charge on any atom is -0.357 e. The Morgan fingerprint density at radius 3 is 2.95 bits per heavy atom. The van der Waals surface area contributed by atoms with Crippen LogP contribution < -0.4 is 10.2 Å². The molecule has 21 heavy (non-hydrogen) atoms. The minimum absolute atomic E-state index is 0.732. The van der Waals surface area contributed by atoms with Crippen molar-refractivity contribution >= 4 is 33.3 Å². The van der Waals surface area contributed by atoms with Crippen molar-refractivity contribution in [2.75, 3.05) is 30.4 Å². The van der Waals surface area contributed by atoms with E-state index in [9.17, 15) is 0 Å². The van der Waals surface area contributed by atoms with Crippen LogP contribution in [0.25, 0.3) is 10.2 Å². The van der Waals surface area contributed by atoms with Crippen LogP contribution in [0.2, 0.25) is 0 Å². The molecule has 2 aromatic rings. The van der Waals surface area contributed by atoms with E-state index in [4.69, 9.17) is 4.98 Å². The Balaban J connectivity index is 1.98. The van der Waals surface area contributed by atoms with Gasteiger partial charge in [0.1, 0.15) is 10.6 Å². The normalized spacial score (nSPS) is 19.8. The maximum atomic E-state index is 4.76. The molecule has 0 radical (unpaired) electrons. The van der Waals surface area contributed by atoms with E-state index in [0.29, 0.717) is 0 Å². The highest BCUT2D eigenvalue weighted by atomic mass is 32.1. The fraction of sp³-hybridized carbons (Fsp3) is 0.625. The van der Waals surface area contributed by atoms with Gasteiger partial charge in [0, 0.05) is 25.0 Å².